The third-order valence-electron chi connectivity index (χ3n) is 4.39. The first-order valence-corrected chi connectivity index (χ1v) is 8.70. The van der Waals surface area contributed by atoms with Crippen molar-refractivity contribution in [2.45, 2.75) is 31.2 Å². The van der Waals surface area contributed by atoms with Gasteiger partial charge in [0.25, 0.3) is 5.91 Å². The summed E-state index contributed by atoms with van der Waals surface area (Å²) >= 11 is 0. The van der Waals surface area contributed by atoms with Gasteiger partial charge in [0.2, 0.25) is 0 Å². The van der Waals surface area contributed by atoms with Crippen molar-refractivity contribution in [2.24, 2.45) is 0 Å². The smallest absolute Gasteiger partial charge is 0.414 e. The molecule has 0 bridgehead atoms. The minimum atomic E-state index is -0.824. The molecule has 2 heterocycles. The zero-order valence-electron chi connectivity index (χ0n) is 14.4. The van der Waals surface area contributed by atoms with Crippen LogP contribution in [0, 0.1) is 0 Å². The lowest BCUT2D eigenvalue weighted by molar-refractivity contribution is -0.182. The summed E-state index contributed by atoms with van der Waals surface area (Å²) < 4.78 is 22.2. The van der Waals surface area contributed by atoms with Crippen LogP contribution in [0.15, 0.2) is 60.7 Å². The van der Waals surface area contributed by atoms with E-state index in [1.54, 1.807) is 30.3 Å². The van der Waals surface area contributed by atoms with E-state index in [0.717, 1.165) is 5.56 Å². The molecule has 0 unspecified atom stereocenters. The van der Waals surface area contributed by atoms with Crippen LogP contribution in [0.2, 0.25) is 0 Å². The van der Waals surface area contributed by atoms with Crippen LogP contribution in [0.3, 0.4) is 0 Å². The number of fused-ring (bicyclic) bond motifs is 1. The normalized spacial score (nSPS) is 25.9. The predicted molar refractivity (Wildman–Crippen MR) is 93.8 cm³/mol. The minimum absolute atomic E-state index is 0.146. The molecule has 2 aromatic rings. The van der Waals surface area contributed by atoms with E-state index < -0.39 is 24.4 Å². The second-order valence-corrected chi connectivity index (χ2v) is 6.33. The van der Waals surface area contributed by atoms with Gasteiger partial charge < -0.3 is 18.9 Å². The van der Waals surface area contributed by atoms with Gasteiger partial charge in [0.15, 0.2) is 12.4 Å². The number of rotatable bonds is 5. The number of hydrogen-bond acceptors (Lipinski definition) is 6. The molecule has 4 rings (SSSR count). The van der Waals surface area contributed by atoms with Crippen LogP contribution in [0.25, 0.3) is 0 Å². The van der Waals surface area contributed by atoms with Gasteiger partial charge in [-0.25, -0.2) is 4.79 Å². The van der Waals surface area contributed by atoms with E-state index in [1.165, 1.54) is 0 Å². The fourth-order valence-corrected chi connectivity index (χ4v) is 2.95. The topological polar surface area (TPSA) is 86.4 Å². The Labute approximate surface area is 156 Å². The molecule has 2 aliphatic rings. The Morgan fingerprint density at radius 3 is 2.44 bits per heavy atom. The van der Waals surface area contributed by atoms with E-state index >= 15 is 0 Å². The highest BCUT2D eigenvalue weighted by Crippen LogP contribution is 2.36. The van der Waals surface area contributed by atoms with Gasteiger partial charge in [-0.05, 0) is 17.7 Å². The number of epoxide rings is 1. The van der Waals surface area contributed by atoms with Crippen molar-refractivity contribution in [3.05, 3.63) is 71.8 Å². The number of nitrogens with one attached hydrogen (secondary N) is 1. The zero-order valence-corrected chi connectivity index (χ0v) is 14.4. The van der Waals surface area contributed by atoms with E-state index in [1.807, 2.05) is 30.3 Å². The quantitative estimate of drug-likeness (QED) is 0.814. The summed E-state index contributed by atoms with van der Waals surface area (Å²) in [5, 5.41) is 2.20. The molecular weight excluding hydrogens is 350 g/mol. The minimum Gasteiger partial charge on any atom is -0.441 e. The summed E-state index contributed by atoms with van der Waals surface area (Å²) in [4.78, 5) is 23.9. The Morgan fingerprint density at radius 2 is 1.70 bits per heavy atom. The summed E-state index contributed by atoms with van der Waals surface area (Å²) in [6, 6.07) is 18.2. The largest absolute Gasteiger partial charge is 0.441 e. The maximum atomic E-state index is 12.0. The number of imide groups is 1. The standard InChI is InChI=1S/C20H19NO6/c22-18(14-9-5-2-6-10-14)21-20(23)26-15-12-25-19(17-16(15)27-17)24-11-13-7-3-1-4-8-13/h1-10,15-17,19H,11-12H2,(H,21,22,23)/t15-,16+,17+,19+/m1/s1. The first-order chi connectivity index (χ1) is 13.2. The molecule has 2 fully saturated rings. The van der Waals surface area contributed by atoms with Crippen molar-refractivity contribution in [1.29, 1.82) is 0 Å². The third kappa shape index (κ3) is 4.33. The fraction of sp³-hybridized carbons (Fsp3) is 0.300. The van der Waals surface area contributed by atoms with Crippen LogP contribution in [-0.2, 0) is 25.6 Å². The number of amides is 2. The molecule has 7 nitrogen and oxygen atoms in total. The van der Waals surface area contributed by atoms with E-state index in [9.17, 15) is 9.59 Å². The van der Waals surface area contributed by atoms with E-state index in [4.69, 9.17) is 18.9 Å². The van der Waals surface area contributed by atoms with Crippen LogP contribution in [0.1, 0.15) is 15.9 Å². The Kier molecular flexibility index (Phi) is 5.15. The third-order valence-corrected chi connectivity index (χ3v) is 4.39. The molecule has 0 radical (unpaired) electrons. The molecule has 2 amide bonds. The molecule has 0 aliphatic carbocycles. The monoisotopic (exact) mass is 369 g/mol. The fourth-order valence-electron chi connectivity index (χ4n) is 2.95. The average molecular weight is 369 g/mol. The maximum Gasteiger partial charge on any atom is 0.414 e. The average Bonchev–Trinajstić information content (AvgIpc) is 3.50. The molecule has 0 saturated carbocycles. The Bertz CT molecular complexity index is 797. The van der Waals surface area contributed by atoms with E-state index in [2.05, 4.69) is 5.32 Å². The maximum absolute atomic E-state index is 12.0. The molecule has 2 aliphatic heterocycles. The van der Waals surface area contributed by atoms with Crippen molar-refractivity contribution in [3.63, 3.8) is 0 Å². The molecule has 7 heteroatoms. The number of alkyl carbamates (subject to hydrolysis) is 1. The van der Waals surface area contributed by atoms with Crippen LogP contribution >= 0.6 is 0 Å². The van der Waals surface area contributed by atoms with Gasteiger partial charge in [-0.15, -0.1) is 0 Å². The first-order valence-electron chi connectivity index (χ1n) is 8.70. The van der Waals surface area contributed by atoms with Crippen molar-refractivity contribution in [1.82, 2.24) is 5.32 Å². The molecule has 1 N–H and O–H groups in total. The molecular formula is C20H19NO6. The van der Waals surface area contributed by atoms with Crippen LogP contribution in [-0.4, -0.2) is 43.2 Å². The van der Waals surface area contributed by atoms with Gasteiger partial charge in [-0.2, -0.15) is 0 Å². The van der Waals surface area contributed by atoms with Crippen molar-refractivity contribution < 1.29 is 28.5 Å². The molecule has 2 saturated heterocycles. The number of benzene rings is 2. The summed E-state index contributed by atoms with van der Waals surface area (Å²) in [5.74, 6) is -0.519. The number of carbonyl (C=O) groups is 2. The Morgan fingerprint density at radius 1 is 1.00 bits per heavy atom. The zero-order chi connectivity index (χ0) is 18.6. The summed E-state index contributed by atoms with van der Waals surface area (Å²) in [6.45, 7) is 0.559. The van der Waals surface area contributed by atoms with Gasteiger partial charge in [0.05, 0.1) is 13.2 Å². The van der Waals surface area contributed by atoms with Crippen molar-refractivity contribution >= 4 is 12.0 Å². The Hall–Kier alpha value is -2.74. The highest BCUT2D eigenvalue weighted by atomic mass is 16.7. The highest BCUT2D eigenvalue weighted by Gasteiger charge is 2.56. The van der Waals surface area contributed by atoms with E-state index in [-0.39, 0.29) is 18.8 Å². The second kappa shape index (κ2) is 7.87. The van der Waals surface area contributed by atoms with Gasteiger partial charge in [-0.1, -0.05) is 48.5 Å². The highest BCUT2D eigenvalue weighted by molar-refractivity contribution is 6.02. The second-order valence-electron chi connectivity index (χ2n) is 6.33. The summed E-state index contributed by atoms with van der Waals surface area (Å²) in [6.07, 6.45) is -2.45. The predicted octanol–water partition coefficient (Wildman–Crippen LogP) is 2.26. The number of hydrogen-bond donors (Lipinski definition) is 1. The van der Waals surface area contributed by atoms with Crippen molar-refractivity contribution in [3.8, 4) is 0 Å². The molecule has 140 valence electrons. The van der Waals surface area contributed by atoms with Crippen LogP contribution < -0.4 is 5.32 Å². The molecule has 4 atom stereocenters. The van der Waals surface area contributed by atoms with Crippen LogP contribution in [0.4, 0.5) is 4.79 Å². The lowest BCUT2D eigenvalue weighted by Crippen LogP contribution is -2.43. The van der Waals surface area contributed by atoms with Gasteiger partial charge in [-0.3, -0.25) is 10.1 Å². The molecule has 0 spiro atoms. The van der Waals surface area contributed by atoms with Gasteiger partial charge in [0.1, 0.15) is 12.2 Å². The Balaban J connectivity index is 1.23. The van der Waals surface area contributed by atoms with E-state index in [0.29, 0.717) is 12.2 Å². The number of ether oxygens (including phenoxy) is 4. The molecule has 0 aromatic heterocycles. The molecule has 2 aromatic carbocycles. The van der Waals surface area contributed by atoms with Gasteiger partial charge in [0, 0.05) is 5.56 Å². The summed E-state index contributed by atoms with van der Waals surface area (Å²) in [7, 11) is 0. The lowest BCUT2D eigenvalue weighted by atomic mass is 10.1. The van der Waals surface area contributed by atoms with Crippen LogP contribution in [0.5, 0.6) is 0 Å². The lowest BCUT2D eigenvalue weighted by Gasteiger charge is -2.25. The summed E-state index contributed by atoms with van der Waals surface area (Å²) in [5.41, 5.74) is 1.42. The van der Waals surface area contributed by atoms with Crippen molar-refractivity contribution in [2.75, 3.05) is 6.61 Å². The van der Waals surface area contributed by atoms with Gasteiger partial charge >= 0.3 is 6.09 Å². The SMILES string of the molecule is O=C(NC(=O)c1ccccc1)O[C@@H]1CO[C@H](OCc2ccccc2)[C@H]2O[C@H]21. The number of carbonyl (C=O) groups excluding carboxylic acids is 2. The molecule has 27 heavy (non-hydrogen) atoms. The first kappa shape index (κ1) is 17.7.